The molecule has 0 saturated carbocycles. The predicted octanol–water partition coefficient (Wildman–Crippen LogP) is 1.37. The van der Waals surface area contributed by atoms with Gasteiger partial charge in [0.25, 0.3) is 0 Å². The Morgan fingerprint density at radius 3 is 2.70 bits per heavy atom. The summed E-state index contributed by atoms with van der Waals surface area (Å²) in [6.07, 6.45) is 0.585. The second-order valence-corrected chi connectivity index (χ2v) is 6.13. The number of hydrogen-bond donors (Lipinski definition) is 2. The third-order valence-electron chi connectivity index (χ3n) is 2.67. The van der Waals surface area contributed by atoms with Crippen molar-refractivity contribution in [3.05, 3.63) is 18.2 Å². The van der Waals surface area contributed by atoms with E-state index >= 15 is 0 Å². The molecular weight excluding hydrogens is 280 g/mol. The SMILES string of the molecule is CCOc1ccc(N)cc1S(=O)(=O)NC(C)CCOC. The molecule has 1 rings (SSSR count). The zero-order chi connectivity index (χ0) is 15.2. The molecule has 0 spiro atoms. The molecule has 0 radical (unpaired) electrons. The first-order valence-electron chi connectivity index (χ1n) is 6.44. The van der Waals surface area contributed by atoms with Crippen molar-refractivity contribution < 1.29 is 17.9 Å². The van der Waals surface area contributed by atoms with E-state index in [2.05, 4.69) is 4.72 Å². The fourth-order valence-corrected chi connectivity index (χ4v) is 3.15. The van der Waals surface area contributed by atoms with E-state index in [0.29, 0.717) is 31.1 Å². The highest BCUT2D eigenvalue weighted by Gasteiger charge is 2.22. The summed E-state index contributed by atoms with van der Waals surface area (Å²) in [5.74, 6) is 0.299. The minimum Gasteiger partial charge on any atom is -0.492 e. The second-order valence-electron chi connectivity index (χ2n) is 4.44. The molecule has 6 nitrogen and oxygen atoms in total. The van der Waals surface area contributed by atoms with Crippen LogP contribution in [0.5, 0.6) is 5.75 Å². The zero-order valence-electron chi connectivity index (χ0n) is 12.0. The quantitative estimate of drug-likeness (QED) is 0.708. The first-order valence-corrected chi connectivity index (χ1v) is 7.92. The number of rotatable bonds is 8. The number of methoxy groups -OCH3 is 1. The molecule has 1 aromatic rings. The third-order valence-corrected chi connectivity index (χ3v) is 4.28. The van der Waals surface area contributed by atoms with E-state index in [-0.39, 0.29) is 10.9 Å². The first kappa shape index (κ1) is 16.7. The normalized spacial score (nSPS) is 13.2. The van der Waals surface area contributed by atoms with Crippen molar-refractivity contribution in [3.63, 3.8) is 0 Å². The topological polar surface area (TPSA) is 90.7 Å². The van der Waals surface area contributed by atoms with Gasteiger partial charge in [-0.15, -0.1) is 0 Å². The molecule has 1 aromatic carbocycles. The molecule has 0 aliphatic carbocycles. The predicted molar refractivity (Wildman–Crippen MR) is 78.3 cm³/mol. The Bertz CT molecular complexity index is 531. The Labute approximate surface area is 120 Å². The Kier molecular flexibility index (Phi) is 6.25. The minimum absolute atomic E-state index is 0.0589. The number of benzene rings is 1. The van der Waals surface area contributed by atoms with Crippen LogP contribution in [0.1, 0.15) is 20.3 Å². The standard InChI is InChI=1S/C13H22N2O4S/c1-4-19-12-6-5-11(14)9-13(12)20(16,17)15-10(2)7-8-18-3/h5-6,9-10,15H,4,7-8,14H2,1-3H3. The Balaban J connectivity index is 2.99. The van der Waals surface area contributed by atoms with Crippen molar-refractivity contribution in [2.45, 2.75) is 31.2 Å². The van der Waals surface area contributed by atoms with Crippen LogP contribution >= 0.6 is 0 Å². The lowest BCUT2D eigenvalue weighted by molar-refractivity contribution is 0.188. The van der Waals surface area contributed by atoms with Gasteiger partial charge in [0.2, 0.25) is 10.0 Å². The zero-order valence-corrected chi connectivity index (χ0v) is 12.9. The lowest BCUT2D eigenvalue weighted by atomic mass is 10.3. The molecular formula is C13H22N2O4S. The second kappa shape index (κ2) is 7.47. The smallest absolute Gasteiger partial charge is 0.244 e. The third kappa shape index (κ3) is 4.66. The molecule has 1 atom stereocenters. The van der Waals surface area contributed by atoms with Gasteiger partial charge in [0.1, 0.15) is 10.6 Å². The molecule has 7 heteroatoms. The average Bonchev–Trinajstić information content (AvgIpc) is 2.38. The van der Waals surface area contributed by atoms with Crippen LogP contribution in [0.4, 0.5) is 5.69 Å². The maximum atomic E-state index is 12.4. The summed E-state index contributed by atoms with van der Waals surface area (Å²) in [4.78, 5) is 0.0589. The molecule has 3 N–H and O–H groups in total. The van der Waals surface area contributed by atoms with Gasteiger partial charge in [-0.1, -0.05) is 0 Å². The lowest BCUT2D eigenvalue weighted by Gasteiger charge is -2.16. The molecule has 0 aliphatic rings. The van der Waals surface area contributed by atoms with Crippen molar-refractivity contribution in [3.8, 4) is 5.75 Å². The number of nitrogens with one attached hydrogen (secondary N) is 1. The highest BCUT2D eigenvalue weighted by molar-refractivity contribution is 7.89. The molecule has 0 aliphatic heterocycles. The van der Waals surface area contributed by atoms with Gasteiger partial charge in [0, 0.05) is 25.4 Å². The molecule has 0 amide bonds. The van der Waals surface area contributed by atoms with Crippen LogP contribution in [0, 0.1) is 0 Å². The van der Waals surface area contributed by atoms with Gasteiger partial charge in [-0.05, 0) is 38.5 Å². The molecule has 114 valence electrons. The van der Waals surface area contributed by atoms with E-state index in [9.17, 15) is 8.42 Å². The Hall–Kier alpha value is -1.31. The van der Waals surface area contributed by atoms with Crippen molar-refractivity contribution in [1.82, 2.24) is 4.72 Å². The van der Waals surface area contributed by atoms with Gasteiger partial charge in [0.15, 0.2) is 0 Å². The summed E-state index contributed by atoms with van der Waals surface area (Å²) in [5.41, 5.74) is 6.04. The lowest BCUT2D eigenvalue weighted by Crippen LogP contribution is -2.33. The summed E-state index contributed by atoms with van der Waals surface area (Å²) >= 11 is 0. The molecule has 1 unspecified atom stereocenters. The highest BCUT2D eigenvalue weighted by Crippen LogP contribution is 2.26. The number of nitrogens with two attached hydrogens (primary N) is 1. The minimum atomic E-state index is -3.68. The first-order chi connectivity index (χ1) is 9.40. The van der Waals surface area contributed by atoms with Gasteiger partial charge >= 0.3 is 0 Å². The van der Waals surface area contributed by atoms with E-state index in [1.54, 1.807) is 33.1 Å². The van der Waals surface area contributed by atoms with E-state index in [1.807, 2.05) is 0 Å². The fourth-order valence-electron chi connectivity index (χ4n) is 1.69. The van der Waals surface area contributed by atoms with E-state index < -0.39 is 10.0 Å². The van der Waals surface area contributed by atoms with Crippen LogP contribution in [0.25, 0.3) is 0 Å². The molecule has 0 bridgehead atoms. The summed E-state index contributed by atoms with van der Waals surface area (Å²) in [5, 5.41) is 0. The molecule has 0 aromatic heterocycles. The van der Waals surface area contributed by atoms with Gasteiger partial charge in [0.05, 0.1) is 6.61 Å². The van der Waals surface area contributed by atoms with Crippen molar-refractivity contribution in [2.75, 3.05) is 26.1 Å². The number of nitrogen functional groups attached to an aromatic ring is 1. The maximum absolute atomic E-state index is 12.4. The summed E-state index contributed by atoms with van der Waals surface area (Å²) in [6, 6.07) is 4.33. The van der Waals surface area contributed by atoms with Crippen molar-refractivity contribution >= 4 is 15.7 Å². The number of anilines is 1. The summed E-state index contributed by atoms with van der Waals surface area (Å²) in [6.45, 7) is 4.44. The van der Waals surface area contributed by atoms with Crippen LogP contribution in [0.15, 0.2) is 23.1 Å². The average molecular weight is 302 g/mol. The van der Waals surface area contributed by atoms with Crippen LogP contribution in [0.3, 0.4) is 0 Å². The molecule has 0 fully saturated rings. The number of sulfonamides is 1. The molecule has 20 heavy (non-hydrogen) atoms. The number of ether oxygens (including phenoxy) is 2. The van der Waals surface area contributed by atoms with Crippen molar-refractivity contribution in [1.29, 1.82) is 0 Å². The molecule has 0 heterocycles. The van der Waals surface area contributed by atoms with E-state index in [0.717, 1.165) is 0 Å². The van der Waals surface area contributed by atoms with Gasteiger partial charge < -0.3 is 15.2 Å². The van der Waals surface area contributed by atoms with E-state index in [4.69, 9.17) is 15.2 Å². The summed E-state index contributed by atoms with van der Waals surface area (Å²) in [7, 11) is -2.10. The molecule has 0 saturated heterocycles. The summed E-state index contributed by atoms with van der Waals surface area (Å²) < 4.78 is 37.6. The Morgan fingerprint density at radius 2 is 2.10 bits per heavy atom. The van der Waals surface area contributed by atoms with E-state index in [1.165, 1.54) is 6.07 Å². The highest BCUT2D eigenvalue weighted by atomic mass is 32.2. The van der Waals surface area contributed by atoms with Gasteiger partial charge in [-0.3, -0.25) is 0 Å². The van der Waals surface area contributed by atoms with Crippen LogP contribution in [0.2, 0.25) is 0 Å². The van der Waals surface area contributed by atoms with Crippen LogP contribution in [-0.2, 0) is 14.8 Å². The maximum Gasteiger partial charge on any atom is 0.244 e. The number of hydrogen-bond acceptors (Lipinski definition) is 5. The van der Waals surface area contributed by atoms with Crippen LogP contribution in [-0.4, -0.2) is 34.8 Å². The Morgan fingerprint density at radius 1 is 1.40 bits per heavy atom. The largest absolute Gasteiger partial charge is 0.492 e. The monoisotopic (exact) mass is 302 g/mol. The van der Waals surface area contributed by atoms with Gasteiger partial charge in [-0.2, -0.15) is 0 Å². The van der Waals surface area contributed by atoms with Gasteiger partial charge in [-0.25, -0.2) is 13.1 Å². The van der Waals surface area contributed by atoms with Crippen molar-refractivity contribution in [2.24, 2.45) is 0 Å². The fraction of sp³-hybridized carbons (Fsp3) is 0.538. The van der Waals surface area contributed by atoms with Crippen LogP contribution < -0.4 is 15.2 Å².